The van der Waals surface area contributed by atoms with Crippen LogP contribution in [-0.2, 0) is 22.5 Å². The van der Waals surface area contributed by atoms with E-state index in [1.807, 2.05) is 63.2 Å². The van der Waals surface area contributed by atoms with Gasteiger partial charge in [-0.2, -0.15) is 0 Å². The van der Waals surface area contributed by atoms with Crippen molar-refractivity contribution in [1.82, 2.24) is 4.90 Å². The maximum atomic E-state index is 12.9. The summed E-state index contributed by atoms with van der Waals surface area (Å²) in [4.78, 5) is 27.2. The zero-order chi connectivity index (χ0) is 28.8. The molecule has 4 aromatic rings. The van der Waals surface area contributed by atoms with Crippen LogP contribution in [0.5, 0.6) is 0 Å². The number of Topliss-reactive ketones (excluding diaryl/α,β-unsaturated/α-hetero) is 1. The number of rotatable bonds is 8. The number of piperidine rings is 1. The van der Waals surface area contributed by atoms with Gasteiger partial charge in [-0.25, -0.2) is 4.79 Å². The van der Waals surface area contributed by atoms with Crippen molar-refractivity contribution in [3.8, 4) is 0 Å². The number of ketones is 1. The van der Waals surface area contributed by atoms with Gasteiger partial charge >= 0.3 is 6.09 Å². The molecule has 5 rings (SSSR count). The molecule has 0 radical (unpaired) electrons. The van der Waals surface area contributed by atoms with Gasteiger partial charge in [-0.3, -0.25) is 4.79 Å². The summed E-state index contributed by atoms with van der Waals surface area (Å²) >= 11 is 0. The Bertz CT molecular complexity index is 1470. The molecule has 4 aromatic carbocycles. The minimum atomic E-state index is -0.549. The molecule has 5 nitrogen and oxygen atoms in total. The minimum absolute atomic E-state index is 0.147. The summed E-state index contributed by atoms with van der Waals surface area (Å²) in [5.74, 6) is 0.306. The molecule has 0 aliphatic carbocycles. The minimum Gasteiger partial charge on any atom is -0.444 e. The van der Waals surface area contributed by atoms with Crippen LogP contribution in [0.15, 0.2) is 97.1 Å². The van der Waals surface area contributed by atoms with Gasteiger partial charge in [0.05, 0.1) is 19.3 Å². The highest BCUT2D eigenvalue weighted by atomic mass is 16.6. The Kier molecular flexibility index (Phi) is 8.84. The Balaban J connectivity index is 1.28. The maximum absolute atomic E-state index is 12.9. The second kappa shape index (κ2) is 12.7. The van der Waals surface area contributed by atoms with Crippen molar-refractivity contribution in [3.63, 3.8) is 0 Å². The molecule has 1 saturated heterocycles. The Morgan fingerprint density at radius 2 is 1.51 bits per heavy atom. The van der Waals surface area contributed by atoms with E-state index >= 15 is 0 Å². The van der Waals surface area contributed by atoms with E-state index in [2.05, 4.69) is 54.6 Å². The van der Waals surface area contributed by atoms with Crippen molar-refractivity contribution in [2.24, 2.45) is 0 Å². The van der Waals surface area contributed by atoms with Crippen molar-refractivity contribution in [2.45, 2.75) is 64.3 Å². The number of fused-ring (bicyclic) bond motifs is 1. The van der Waals surface area contributed by atoms with Crippen LogP contribution >= 0.6 is 0 Å². The zero-order valence-corrected chi connectivity index (χ0v) is 24.2. The number of likely N-dealkylation sites (tertiary alicyclic amines) is 1. The molecule has 2 unspecified atom stereocenters. The van der Waals surface area contributed by atoms with Crippen molar-refractivity contribution in [3.05, 3.63) is 119 Å². The summed E-state index contributed by atoms with van der Waals surface area (Å²) in [6.45, 7) is 7.22. The van der Waals surface area contributed by atoms with E-state index in [0.717, 1.165) is 23.1 Å². The predicted molar refractivity (Wildman–Crippen MR) is 163 cm³/mol. The Labute approximate surface area is 243 Å². The average molecular weight is 550 g/mol. The van der Waals surface area contributed by atoms with E-state index in [1.165, 1.54) is 16.3 Å². The molecular formula is C36H39NO4. The average Bonchev–Trinajstić information content (AvgIpc) is 2.98. The van der Waals surface area contributed by atoms with Crippen LogP contribution in [0.4, 0.5) is 4.79 Å². The molecule has 1 fully saturated rings. The highest BCUT2D eigenvalue weighted by Gasteiger charge is 2.35. The number of carbonyl (C=O) groups is 2. The topological polar surface area (TPSA) is 55.8 Å². The van der Waals surface area contributed by atoms with Gasteiger partial charge in [0.25, 0.3) is 0 Å². The lowest BCUT2D eigenvalue weighted by Gasteiger charge is -2.39. The molecule has 5 heteroatoms. The van der Waals surface area contributed by atoms with Gasteiger partial charge in [0, 0.05) is 24.4 Å². The number of benzene rings is 4. The molecule has 0 saturated carbocycles. The molecule has 2 atom stereocenters. The van der Waals surface area contributed by atoms with Gasteiger partial charge in [-0.05, 0) is 67.1 Å². The number of nitrogens with zero attached hydrogens (tertiary/aromatic N) is 1. The lowest BCUT2D eigenvalue weighted by molar-refractivity contribution is -0.0359. The van der Waals surface area contributed by atoms with Crippen LogP contribution in [0.2, 0.25) is 0 Å². The van der Waals surface area contributed by atoms with Crippen LogP contribution in [0.1, 0.15) is 66.6 Å². The number of aryl methyl sites for hydroxylation is 1. The smallest absolute Gasteiger partial charge is 0.410 e. The molecule has 41 heavy (non-hydrogen) atoms. The van der Waals surface area contributed by atoms with E-state index in [4.69, 9.17) is 9.47 Å². The fourth-order valence-corrected chi connectivity index (χ4v) is 5.45. The molecule has 1 heterocycles. The monoisotopic (exact) mass is 549 g/mol. The summed E-state index contributed by atoms with van der Waals surface area (Å²) < 4.78 is 12.2. The summed E-state index contributed by atoms with van der Waals surface area (Å²) in [5.41, 5.74) is 3.64. The first kappa shape index (κ1) is 28.6. The molecule has 0 N–H and O–H groups in total. The summed E-state index contributed by atoms with van der Waals surface area (Å²) in [6.07, 6.45) is 1.50. The van der Waals surface area contributed by atoms with Gasteiger partial charge in [-0.15, -0.1) is 0 Å². The Hall–Kier alpha value is -3.96. The number of hydrogen-bond donors (Lipinski definition) is 0. The SMILES string of the molecule is CC(C)(C)OC(=O)N1CCC(c2ccc(CCC(=O)c3ccccc3)cc2)C(OCc2ccc3ccccc3c2)C1. The van der Waals surface area contributed by atoms with Gasteiger partial charge < -0.3 is 14.4 Å². The Morgan fingerprint density at radius 3 is 2.24 bits per heavy atom. The summed E-state index contributed by atoms with van der Waals surface area (Å²) in [5, 5.41) is 2.39. The number of carbonyl (C=O) groups excluding carboxylic acids is 2. The van der Waals surface area contributed by atoms with E-state index in [0.29, 0.717) is 32.5 Å². The van der Waals surface area contributed by atoms with Gasteiger partial charge in [0.1, 0.15) is 5.60 Å². The second-order valence-corrected chi connectivity index (χ2v) is 11.9. The number of amides is 1. The van der Waals surface area contributed by atoms with E-state index in [-0.39, 0.29) is 23.9 Å². The quantitative estimate of drug-likeness (QED) is 0.209. The molecule has 1 aliphatic heterocycles. The van der Waals surface area contributed by atoms with Gasteiger partial charge in [-0.1, -0.05) is 91.0 Å². The molecule has 1 aliphatic rings. The highest BCUT2D eigenvalue weighted by Crippen LogP contribution is 2.32. The fraction of sp³-hybridized carbons (Fsp3) is 0.333. The number of hydrogen-bond acceptors (Lipinski definition) is 4. The van der Waals surface area contributed by atoms with Crippen molar-refractivity contribution in [2.75, 3.05) is 13.1 Å². The lowest BCUT2D eigenvalue weighted by atomic mass is 9.86. The normalized spacial score (nSPS) is 17.4. The van der Waals surface area contributed by atoms with Crippen LogP contribution in [-0.4, -0.2) is 41.6 Å². The molecule has 212 valence electrons. The molecule has 0 spiro atoms. The first-order valence-corrected chi connectivity index (χ1v) is 14.5. The highest BCUT2D eigenvalue weighted by molar-refractivity contribution is 5.96. The first-order valence-electron chi connectivity index (χ1n) is 14.5. The molecule has 0 aromatic heterocycles. The lowest BCUT2D eigenvalue weighted by Crippen LogP contribution is -2.48. The van der Waals surface area contributed by atoms with Crippen molar-refractivity contribution in [1.29, 1.82) is 0 Å². The molecule has 1 amide bonds. The summed E-state index contributed by atoms with van der Waals surface area (Å²) in [6, 6.07) is 32.7. The number of ether oxygens (including phenoxy) is 2. The molecular weight excluding hydrogens is 510 g/mol. The fourth-order valence-electron chi connectivity index (χ4n) is 5.45. The van der Waals surface area contributed by atoms with Crippen LogP contribution in [0, 0.1) is 0 Å². The van der Waals surface area contributed by atoms with Gasteiger partial charge in [0.2, 0.25) is 0 Å². The zero-order valence-electron chi connectivity index (χ0n) is 24.2. The predicted octanol–water partition coefficient (Wildman–Crippen LogP) is 7.97. The largest absolute Gasteiger partial charge is 0.444 e. The second-order valence-electron chi connectivity index (χ2n) is 11.9. The first-order chi connectivity index (χ1) is 19.7. The van der Waals surface area contributed by atoms with Crippen molar-refractivity contribution >= 4 is 22.6 Å². The third-order valence-electron chi connectivity index (χ3n) is 7.63. The van der Waals surface area contributed by atoms with Crippen molar-refractivity contribution < 1.29 is 19.1 Å². The van der Waals surface area contributed by atoms with E-state index in [1.54, 1.807) is 4.90 Å². The standard InChI is InChI=1S/C36H39NO4/c1-36(2,3)41-35(39)37-22-21-32(34(24-37)40-25-27-15-17-28-9-7-8-12-31(28)23-27)29-18-13-26(14-19-29)16-20-33(38)30-10-5-4-6-11-30/h4-15,17-19,23,32,34H,16,20-22,24-25H2,1-3H3. The van der Waals surface area contributed by atoms with E-state index in [9.17, 15) is 9.59 Å². The van der Waals surface area contributed by atoms with E-state index < -0.39 is 5.60 Å². The van der Waals surface area contributed by atoms with Gasteiger partial charge in [0.15, 0.2) is 5.78 Å². The third-order valence-corrected chi connectivity index (χ3v) is 7.63. The summed E-state index contributed by atoms with van der Waals surface area (Å²) in [7, 11) is 0. The van der Waals surface area contributed by atoms with Crippen LogP contribution in [0.3, 0.4) is 0 Å². The Morgan fingerprint density at radius 1 is 0.829 bits per heavy atom. The maximum Gasteiger partial charge on any atom is 0.410 e. The van der Waals surface area contributed by atoms with Crippen LogP contribution in [0.25, 0.3) is 10.8 Å². The van der Waals surface area contributed by atoms with Crippen LogP contribution < -0.4 is 0 Å². The third kappa shape index (κ3) is 7.62. The molecule has 0 bridgehead atoms.